The van der Waals surface area contributed by atoms with Crippen LogP contribution in [0, 0.1) is 5.92 Å². The molecule has 1 atom stereocenters. The molecule has 0 aromatic heterocycles. The third kappa shape index (κ3) is 6.16. The van der Waals surface area contributed by atoms with Crippen molar-refractivity contribution in [3.63, 3.8) is 0 Å². The lowest BCUT2D eigenvalue weighted by Crippen LogP contribution is -2.13. The summed E-state index contributed by atoms with van der Waals surface area (Å²) in [4.78, 5) is 11.0. The van der Waals surface area contributed by atoms with Gasteiger partial charge >= 0.3 is 5.97 Å². The normalized spacial score (nSPS) is 12.6. The zero-order valence-corrected chi connectivity index (χ0v) is 8.01. The summed E-state index contributed by atoms with van der Waals surface area (Å²) in [6.45, 7) is 5.19. The molecule has 0 radical (unpaired) electrons. The fourth-order valence-corrected chi connectivity index (χ4v) is 0.770. The maximum atomic E-state index is 11.0. The molecule has 0 saturated heterocycles. The Balaban J connectivity index is 3.31. The number of carbonyl (C=O) groups excluding carboxylic acids is 1. The van der Waals surface area contributed by atoms with Crippen LogP contribution in [0.2, 0.25) is 0 Å². The van der Waals surface area contributed by atoms with Gasteiger partial charge in [-0.1, -0.05) is 13.8 Å². The first-order chi connectivity index (χ1) is 5.70. The van der Waals surface area contributed by atoms with Gasteiger partial charge in [0, 0.05) is 6.42 Å². The highest BCUT2D eigenvalue weighted by molar-refractivity contribution is 5.69. The fourth-order valence-electron chi connectivity index (χ4n) is 0.770. The summed E-state index contributed by atoms with van der Waals surface area (Å²) in [6, 6.07) is 0. The molecule has 0 saturated carbocycles. The van der Waals surface area contributed by atoms with Gasteiger partial charge in [0.15, 0.2) is 0 Å². The molecule has 0 aliphatic rings. The minimum Gasteiger partial charge on any atom is -0.466 e. The van der Waals surface area contributed by atoms with Crippen LogP contribution in [0.15, 0.2) is 0 Å². The standard InChI is InChI=1S/C9H19NO2/c1-3-6-12-9(11)5-4-8(2)7-10/h8H,3-7,10H2,1-2H3. The van der Waals surface area contributed by atoms with Crippen LogP contribution < -0.4 is 5.73 Å². The third-order valence-corrected chi connectivity index (χ3v) is 1.71. The molecule has 0 fully saturated rings. The van der Waals surface area contributed by atoms with Gasteiger partial charge in [0.2, 0.25) is 0 Å². The number of carbonyl (C=O) groups is 1. The van der Waals surface area contributed by atoms with Gasteiger partial charge in [0.05, 0.1) is 6.61 Å². The number of nitrogens with two attached hydrogens (primary N) is 1. The summed E-state index contributed by atoms with van der Waals surface area (Å²) >= 11 is 0. The van der Waals surface area contributed by atoms with E-state index in [2.05, 4.69) is 0 Å². The maximum Gasteiger partial charge on any atom is 0.305 e. The van der Waals surface area contributed by atoms with Crippen LogP contribution in [-0.4, -0.2) is 19.1 Å². The lowest BCUT2D eigenvalue weighted by Gasteiger charge is -2.07. The highest BCUT2D eigenvalue weighted by atomic mass is 16.5. The molecule has 0 rings (SSSR count). The first-order valence-electron chi connectivity index (χ1n) is 4.56. The van der Waals surface area contributed by atoms with E-state index < -0.39 is 0 Å². The summed E-state index contributed by atoms with van der Waals surface area (Å²) in [5, 5.41) is 0. The Morgan fingerprint density at radius 3 is 2.75 bits per heavy atom. The maximum absolute atomic E-state index is 11.0. The Morgan fingerprint density at radius 2 is 2.25 bits per heavy atom. The molecule has 0 amide bonds. The molecule has 0 aliphatic heterocycles. The van der Waals surface area contributed by atoms with Crippen molar-refractivity contribution in [3.8, 4) is 0 Å². The van der Waals surface area contributed by atoms with Gasteiger partial charge in [-0.3, -0.25) is 4.79 Å². The molecule has 3 heteroatoms. The third-order valence-electron chi connectivity index (χ3n) is 1.71. The Kier molecular flexibility index (Phi) is 6.76. The monoisotopic (exact) mass is 173 g/mol. The largest absolute Gasteiger partial charge is 0.466 e. The number of hydrogen-bond donors (Lipinski definition) is 1. The highest BCUT2D eigenvalue weighted by Crippen LogP contribution is 2.04. The van der Waals surface area contributed by atoms with E-state index in [1.807, 2.05) is 13.8 Å². The Hall–Kier alpha value is -0.570. The van der Waals surface area contributed by atoms with E-state index in [1.54, 1.807) is 0 Å². The molecule has 1 unspecified atom stereocenters. The van der Waals surface area contributed by atoms with Crippen LogP contribution in [0.1, 0.15) is 33.1 Å². The Morgan fingerprint density at radius 1 is 1.58 bits per heavy atom. The van der Waals surface area contributed by atoms with Crippen molar-refractivity contribution in [1.29, 1.82) is 0 Å². The number of hydrogen-bond acceptors (Lipinski definition) is 3. The van der Waals surface area contributed by atoms with E-state index in [9.17, 15) is 4.79 Å². The molecular weight excluding hydrogens is 154 g/mol. The zero-order valence-electron chi connectivity index (χ0n) is 8.01. The van der Waals surface area contributed by atoms with Gasteiger partial charge in [-0.15, -0.1) is 0 Å². The first kappa shape index (κ1) is 11.4. The smallest absolute Gasteiger partial charge is 0.305 e. The lowest BCUT2D eigenvalue weighted by atomic mass is 10.1. The van der Waals surface area contributed by atoms with Crippen molar-refractivity contribution >= 4 is 5.97 Å². The molecule has 0 aromatic rings. The van der Waals surface area contributed by atoms with Crippen LogP contribution >= 0.6 is 0 Å². The second kappa shape index (κ2) is 7.10. The molecule has 0 spiro atoms. The number of esters is 1. The highest BCUT2D eigenvalue weighted by Gasteiger charge is 2.05. The molecule has 0 aromatic carbocycles. The first-order valence-corrected chi connectivity index (χ1v) is 4.56. The SMILES string of the molecule is CCCOC(=O)CCC(C)CN. The van der Waals surface area contributed by atoms with E-state index in [0.717, 1.165) is 12.8 Å². The van der Waals surface area contributed by atoms with Crippen molar-refractivity contribution in [1.82, 2.24) is 0 Å². The van der Waals surface area contributed by atoms with Crippen molar-refractivity contribution in [2.75, 3.05) is 13.2 Å². The van der Waals surface area contributed by atoms with Gasteiger partial charge in [-0.25, -0.2) is 0 Å². The van der Waals surface area contributed by atoms with Crippen LogP contribution in [0.25, 0.3) is 0 Å². The van der Waals surface area contributed by atoms with Crippen LogP contribution in [0.3, 0.4) is 0 Å². The number of rotatable bonds is 6. The summed E-state index contributed by atoms with van der Waals surface area (Å²) in [7, 11) is 0. The second-order valence-corrected chi connectivity index (χ2v) is 3.10. The predicted molar refractivity (Wildman–Crippen MR) is 48.7 cm³/mol. The molecule has 0 heterocycles. The van der Waals surface area contributed by atoms with E-state index in [1.165, 1.54) is 0 Å². The predicted octanol–water partition coefficient (Wildman–Crippen LogP) is 1.31. The van der Waals surface area contributed by atoms with Crippen molar-refractivity contribution in [3.05, 3.63) is 0 Å². The van der Waals surface area contributed by atoms with Gasteiger partial charge in [-0.2, -0.15) is 0 Å². The lowest BCUT2D eigenvalue weighted by molar-refractivity contribution is -0.143. The zero-order chi connectivity index (χ0) is 9.40. The topological polar surface area (TPSA) is 52.3 Å². The molecule has 0 bridgehead atoms. The van der Waals surface area contributed by atoms with Gasteiger partial charge in [0.25, 0.3) is 0 Å². The van der Waals surface area contributed by atoms with E-state index in [4.69, 9.17) is 10.5 Å². The molecule has 0 aliphatic carbocycles. The van der Waals surface area contributed by atoms with Crippen molar-refractivity contribution in [2.45, 2.75) is 33.1 Å². The minimum atomic E-state index is -0.0999. The summed E-state index contributed by atoms with van der Waals surface area (Å²) in [5.41, 5.74) is 5.41. The Labute approximate surface area is 74.3 Å². The molecule has 12 heavy (non-hydrogen) atoms. The molecular formula is C9H19NO2. The minimum absolute atomic E-state index is 0.0999. The molecule has 2 N–H and O–H groups in total. The second-order valence-electron chi connectivity index (χ2n) is 3.10. The number of ether oxygens (including phenoxy) is 1. The van der Waals surface area contributed by atoms with Crippen LogP contribution in [-0.2, 0) is 9.53 Å². The van der Waals surface area contributed by atoms with Gasteiger partial charge in [-0.05, 0) is 25.3 Å². The van der Waals surface area contributed by atoms with Gasteiger partial charge in [0.1, 0.15) is 0 Å². The van der Waals surface area contributed by atoms with Crippen LogP contribution in [0.4, 0.5) is 0 Å². The summed E-state index contributed by atoms with van der Waals surface area (Å²) in [5.74, 6) is 0.316. The van der Waals surface area contributed by atoms with Gasteiger partial charge < -0.3 is 10.5 Å². The Bertz CT molecular complexity index is 126. The fraction of sp³-hybridized carbons (Fsp3) is 0.889. The average molecular weight is 173 g/mol. The van der Waals surface area contributed by atoms with E-state index in [-0.39, 0.29) is 5.97 Å². The average Bonchev–Trinajstić information content (AvgIpc) is 2.10. The summed E-state index contributed by atoms with van der Waals surface area (Å²) < 4.78 is 4.91. The molecule has 3 nitrogen and oxygen atoms in total. The molecule has 72 valence electrons. The van der Waals surface area contributed by atoms with E-state index >= 15 is 0 Å². The van der Waals surface area contributed by atoms with Crippen molar-refractivity contribution < 1.29 is 9.53 Å². The van der Waals surface area contributed by atoms with Crippen molar-refractivity contribution in [2.24, 2.45) is 11.7 Å². The van der Waals surface area contributed by atoms with E-state index in [0.29, 0.717) is 25.5 Å². The quantitative estimate of drug-likeness (QED) is 0.616. The van der Waals surface area contributed by atoms with Crippen LogP contribution in [0.5, 0.6) is 0 Å². The summed E-state index contributed by atoms with van der Waals surface area (Å²) in [6.07, 6.45) is 2.22.